The van der Waals surface area contributed by atoms with E-state index in [1.54, 1.807) is 12.3 Å². The number of carbonyl (C=O) groups excluding carboxylic acids is 1. The Kier molecular flexibility index (Phi) is 4.95. The highest BCUT2D eigenvalue weighted by atomic mass is 16.5. The largest absolute Gasteiger partial charge is 0.381 e. The average molecular weight is 277 g/mol. The fourth-order valence-corrected chi connectivity index (χ4v) is 2.25. The van der Waals surface area contributed by atoms with Crippen LogP contribution in [0.25, 0.3) is 0 Å². The summed E-state index contributed by atoms with van der Waals surface area (Å²) in [5.41, 5.74) is 0.743. The number of nitrogens with one attached hydrogen (secondary N) is 2. The smallest absolute Gasteiger partial charge is 0.252 e. The predicted molar refractivity (Wildman–Crippen MR) is 78.9 cm³/mol. The van der Waals surface area contributed by atoms with Crippen LogP contribution in [-0.2, 0) is 4.74 Å². The van der Waals surface area contributed by atoms with Crippen LogP contribution in [0.1, 0.15) is 37.0 Å². The van der Waals surface area contributed by atoms with Crippen LogP contribution in [0.2, 0.25) is 0 Å². The van der Waals surface area contributed by atoms with E-state index >= 15 is 0 Å². The van der Waals surface area contributed by atoms with Crippen molar-refractivity contribution >= 4 is 11.7 Å². The summed E-state index contributed by atoms with van der Waals surface area (Å²) >= 11 is 0. The fourth-order valence-electron chi connectivity index (χ4n) is 2.25. The van der Waals surface area contributed by atoms with Crippen LogP contribution < -0.4 is 10.6 Å². The number of anilines is 1. The van der Waals surface area contributed by atoms with Gasteiger partial charge in [0.15, 0.2) is 0 Å². The highest BCUT2D eigenvalue weighted by molar-refractivity contribution is 5.94. The average Bonchev–Trinajstić information content (AvgIpc) is 2.47. The zero-order valence-electron chi connectivity index (χ0n) is 12.2. The van der Waals surface area contributed by atoms with Gasteiger partial charge in [-0.1, -0.05) is 6.92 Å². The molecule has 5 heteroatoms. The molecule has 0 atom stereocenters. The monoisotopic (exact) mass is 277 g/mol. The van der Waals surface area contributed by atoms with Crippen LogP contribution >= 0.6 is 0 Å². The van der Waals surface area contributed by atoms with Gasteiger partial charge in [-0.05, 0) is 37.3 Å². The summed E-state index contributed by atoms with van der Waals surface area (Å²) in [7, 11) is 0. The maximum absolute atomic E-state index is 12.1. The minimum atomic E-state index is -0.0618. The van der Waals surface area contributed by atoms with Crippen molar-refractivity contribution in [3.05, 3.63) is 23.9 Å². The molecule has 0 spiro atoms. The molecule has 1 aliphatic rings. The number of ether oxygens (including phenoxy) is 1. The number of carbonyl (C=O) groups is 1. The van der Waals surface area contributed by atoms with Gasteiger partial charge in [0.2, 0.25) is 0 Å². The number of nitrogens with zero attached hydrogens (tertiary/aromatic N) is 1. The molecule has 5 nitrogen and oxygen atoms in total. The molecule has 0 radical (unpaired) electrons. The molecule has 2 rings (SSSR count). The van der Waals surface area contributed by atoms with Gasteiger partial charge in [-0.25, -0.2) is 4.98 Å². The van der Waals surface area contributed by atoms with Crippen molar-refractivity contribution in [2.75, 3.05) is 31.6 Å². The van der Waals surface area contributed by atoms with Crippen LogP contribution in [0.5, 0.6) is 0 Å². The van der Waals surface area contributed by atoms with Crippen molar-refractivity contribution in [2.24, 2.45) is 5.41 Å². The normalized spacial score (nSPS) is 17.5. The zero-order chi connectivity index (χ0) is 14.4. The van der Waals surface area contributed by atoms with Crippen LogP contribution in [-0.4, -0.2) is 37.2 Å². The second-order valence-electron chi connectivity index (χ2n) is 5.57. The lowest BCUT2D eigenvalue weighted by atomic mass is 9.82. The molecule has 1 fully saturated rings. The summed E-state index contributed by atoms with van der Waals surface area (Å²) in [6.07, 6.45) is 3.59. The molecule has 0 bridgehead atoms. The lowest BCUT2D eigenvalue weighted by molar-refractivity contribution is 0.0238. The van der Waals surface area contributed by atoms with E-state index in [2.05, 4.69) is 22.5 Å². The van der Waals surface area contributed by atoms with Crippen molar-refractivity contribution in [1.82, 2.24) is 10.3 Å². The third-order valence-electron chi connectivity index (χ3n) is 3.76. The molecule has 0 unspecified atom stereocenters. The number of hydrogen-bond donors (Lipinski definition) is 2. The molecule has 2 heterocycles. The highest BCUT2D eigenvalue weighted by Gasteiger charge is 2.27. The van der Waals surface area contributed by atoms with Gasteiger partial charge in [0.25, 0.3) is 5.91 Å². The van der Waals surface area contributed by atoms with E-state index in [4.69, 9.17) is 4.74 Å². The molecule has 1 aromatic heterocycles. The minimum absolute atomic E-state index is 0.0618. The second kappa shape index (κ2) is 6.70. The third kappa shape index (κ3) is 3.93. The first-order chi connectivity index (χ1) is 9.63. The Balaban J connectivity index is 1.87. The van der Waals surface area contributed by atoms with Gasteiger partial charge in [0.1, 0.15) is 5.82 Å². The summed E-state index contributed by atoms with van der Waals surface area (Å²) < 4.78 is 5.36. The molecular formula is C15H23N3O2. The number of rotatable bonds is 5. The van der Waals surface area contributed by atoms with Crippen LogP contribution in [0, 0.1) is 5.41 Å². The molecule has 1 amide bonds. The summed E-state index contributed by atoms with van der Waals surface area (Å²) in [6, 6.07) is 3.63. The topological polar surface area (TPSA) is 63.2 Å². The number of hydrogen-bond acceptors (Lipinski definition) is 4. The van der Waals surface area contributed by atoms with Crippen molar-refractivity contribution in [1.29, 1.82) is 0 Å². The van der Waals surface area contributed by atoms with E-state index in [9.17, 15) is 4.79 Å². The first kappa shape index (κ1) is 14.8. The summed E-state index contributed by atoms with van der Waals surface area (Å²) in [4.78, 5) is 16.3. The van der Waals surface area contributed by atoms with Crippen LogP contribution in [0.4, 0.5) is 5.82 Å². The van der Waals surface area contributed by atoms with Crippen molar-refractivity contribution < 1.29 is 9.53 Å². The molecule has 1 aliphatic heterocycles. The second-order valence-corrected chi connectivity index (χ2v) is 5.57. The zero-order valence-corrected chi connectivity index (χ0v) is 12.2. The standard InChI is InChI=1S/C15H23N3O2/c1-3-16-13-5-4-12(10-17-13)14(19)18-11-15(2)6-8-20-9-7-15/h4-5,10H,3,6-9,11H2,1-2H3,(H,16,17)(H,18,19). The quantitative estimate of drug-likeness (QED) is 0.864. The Morgan fingerprint density at radius 2 is 2.15 bits per heavy atom. The molecule has 0 aliphatic carbocycles. The fraction of sp³-hybridized carbons (Fsp3) is 0.600. The van der Waals surface area contributed by atoms with Gasteiger partial charge in [-0.3, -0.25) is 4.79 Å². The van der Waals surface area contributed by atoms with E-state index in [1.165, 1.54) is 0 Å². The maximum Gasteiger partial charge on any atom is 0.252 e. The molecule has 2 N–H and O–H groups in total. The van der Waals surface area contributed by atoms with E-state index in [0.29, 0.717) is 12.1 Å². The van der Waals surface area contributed by atoms with Crippen molar-refractivity contribution in [3.8, 4) is 0 Å². The number of amides is 1. The molecular weight excluding hydrogens is 254 g/mol. The Morgan fingerprint density at radius 3 is 2.75 bits per heavy atom. The Labute approximate surface area is 120 Å². The Morgan fingerprint density at radius 1 is 1.40 bits per heavy atom. The van der Waals surface area contributed by atoms with Gasteiger partial charge < -0.3 is 15.4 Å². The lowest BCUT2D eigenvalue weighted by Gasteiger charge is -2.33. The molecule has 0 saturated carbocycles. The van der Waals surface area contributed by atoms with E-state index in [-0.39, 0.29) is 11.3 Å². The van der Waals surface area contributed by atoms with Gasteiger partial charge in [-0.2, -0.15) is 0 Å². The van der Waals surface area contributed by atoms with E-state index in [1.807, 2.05) is 13.0 Å². The van der Waals surface area contributed by atoms with Gasteiger partial charge in [0, 0.05) is 32.5 Å². The first-order valence-corrected chi connectivity index (χ1v) is 7.19. The van der Waals surface area contributed by atoms with Gasteiger partial charge in [0.05, 0.1) is 5.56 Å². The van der Waals surface area contributed by atoms with E-state index in [0.717, 1.165) is 38.4 Å². The molecule has 1 aromatic rings. The Hall–Kier alpha value is -1.62. The lowest BCUT2D eigenvalue weighted by Crippen LogP contribution is -2.39. The van der Waals surface area contributed by atoms with Gasteiger partial charge in [-0.15, -0.1) is 0 Å². The van der Waals surface area contributed by atoms with Crippen molar-refractivity contribution in [2.45, 2.75) is 26.7 Å². The molecule has 0 aromatic carbocycles. The summed E-state index contributed by atoms with van der Waals surface area (Å²) in [5, 5.41) is 6.11. The molecule has 1 saturated heterocycles. The maximum atomic E-state index is 12.1. The minimum Gasteiger partial charge on any atom is -0.381 e. The predicted octanol–water partition coefficient (Wildman–Crippen LogP) is 2.06. The van der Waals surface area contributed by atoms with Crippen LogP contribution in [0.15, 0.2) is 18.3 Å². The highest BCUT2D eigenvalue weighted by Crippen LogP contribution is 2.28. The first-order valence-electron chi connectivity index (χ1n) is 7.19. The van der Waals surface area contributed by atoms with E-state index < -0.39 is 0 Å². The van der Waals surface area contributed by atoms with Crippen LogP contribution in [0.3, 0.4) is 0 Å². The molecule has 110 valence electrons. The van der Waals surface area contributed by atoms with Gasteiger partial charge >= 0.3 is 0 Å². The number of aromatic nitrogens is 1. The number of pyridine rings is 1. The van der Waals surface area contributed by atoms with Crippen molar-refractivity contribution in [3.63, 3.8) is 0 Å². The Bertz CT molecular complexity index is 439. The summed E-state index contributed by atoms with van der Waals surface area (Å²) in [6.45, 7) is 7.28. The summed E-state index contributed by atoms with van der Waals surface area (Å²) in [5.74, 6) is 0.730. The SMILES string of the molecule is CCNc1ccc(C(=O)NCC2(C)CCOCC2)cn1. The third-order valence-corrected chi connectivity index (χ3v) is 3.76. The molecule has 20 heavy (non-hydrogen) atoms.